The van der Waals surface area contributed by atoms with Crippen LogP contribution in [0.25, 0.3) is 0 Å². The van der Waals surface area contributed by atoms with E-state index < -0.39 is 36.6 Å². The Hall–Kier alpha value is -3.50. The first kappa shape index (κ1) is 22.0. The molecule has 0 saturated carbocycles. The van der Waals surface area contributed by atoms with Gasteiger partial charge in [-0.1, -0.05) is 6.07 Å². The van der Waals surface area contributed by atoms with Gasteiger partial charge in [0, 0.05) is 16.7 Å². The Kier molecular flexibility index (Phi) is 4.56. The van der Waals surface area contributed by atoms with Crippen molar-refractivity contribution in [3.8, 4) is 28.7 Å². The molecule has 0 unspecified atom stereocenters. The molecule has 4 aliphatic rings. The molecule has 2 aromatic rings. The minimum absolute atomic E-state index is 0.0115. The standard InChI is InChI=1S/C25H26N2O8/c1-9-5-11-6-12-25(32)27-13(7-28)15-16(19(29)10(2)23-24(15)35-8-34-23)20(30)18(27)17(26(12)3)14(11)21(31)22(9)33-4/h5,12-13,17-18,28-29,31H,6-8H2,1-4H3/t12-,13-,17-,18-/m0/s1. The lowest BCUT2D eigenvalue weighted by molar-refractivity contribution is -0.155. The van der Waals surface area contributed by atoms with E-state index in [1.807, 2.05) is 13.0 Å². The molecule has 1 saturated heterocycles. The van der Waals surface area contributed by atoms with E-state index in [-0.39, 0.29) is 41.1 Å². The van der Waals surface area contributed by atoms with E-state index in [9.17, 15) is 24.9 Å². The van der Waals surface area contributed by atoms with E-state index >= 15 is 0 Å². The highest BCUT2D eigenvalue weighted by Gasteiger charge is 2.59. The van der Waals surface area contributed by atoms with Crippen molar-refractivity contribution in [3.05, 3.63) is 39.4 Å². The Morgan fingerprint density at radius 3 is 2.49 bits per heavy atom. The molecule has 6 rings (SSSR count). The lowest BCUT2D eigenvalue weighted by atomic mass is 9.73. The van der Waals surface area contributed by atoms with Crippen LogP contribution >= 0.6 is 0 Å². The SMILES string of the molecule is COc1c(C)cc2c(c1O)[C@H]1[C@H]3C(=O)c4c(O)c(C)c5c(c4[C@H](CO)N3C(=O)[C@H](C2)N1C)OCO5. The molecule has 4 heterocycles. The molecule has 2 aromatic carbocycles. The molecule has 0 radical (unpaired) electrons. The molecule has 2 bridgehead atoms. The number of nitrogens with zero attached hydrogens (tertiary/aromatic N) is 2. The first-order chi connectivity index (χ1) is 16.7. The van der Waals surface area contributed by atoms with Crippen LogP contribution < -0.4 is 14.2 Å². The van der Waals surface area contributed by atoms with E-state index in [2.05, 4.69) is 0 Å². The van der Waals surface area contributed by atoms with Crippen molar-refractivity contribution in [2.24, 2.45) is 0 Å². The molecule has 184 valence electrons. The normalized spacial score (nSPS) is 26.4. The number of hydrogen-bond donors (Lipinski definition) is 3. The second-order valence-electron chi connectivity index (χ2n) is 9.56. The molecule has 0 aliphatic carbocycles. The summed E-state index contributed by atoms with van der Waals surface area (Å²) in [6.45, 7) is 2.86. The van der Waals surface area contributed by atoms with Crippen LogP contribution in [0.5, 0.6) is 28.7 Å². The van der Waals surface area contributed by atoms with Gasteiger partial charge >= 0.3 is 0 Å². The molecule has 0 aromatic heterocycles. The van der Waals surface area contributed by atoms with E-state index in [1.165, 1.54) is 12.0 Å². The number of amides is 1. The number of likely N-dealkylation sites (N-methyl/N-ethyl adjacent to an activating group) is 1. The van der Waals surface area contributed by atoms with Gasteiger partial charge in [-0.2, -0.15) is 0 Å². The van der Waals surface area contributed by atoms with Gasteiger partial charge in [0.25, 0.3) is 0 Å². The van der Waals surface area contributed by atoms with E-state index in [0.717, 1.165) is 11.1 Å². The number of carbonyl (C=O) groups is 2. The molecule has 1 fully saturated rings. The van der Waals surface area contributed by atoms with Crippen molar-refractivity contribution in [1.29, 1.82) is 0 Å². The lowest BCUT2D eigenvalue weighted by Gasteiger charge is -2.56. The summed E-state index contributed by atoms with van der Waals surface area (Å²) in [5.74, 6) is -0.251. The van der Waals surface area contributed by atoms with Crippen molar-refractivity contribution in [3.63, 3.8) is 0 Å². The second-order valence-corrected chi connectivity index (χ2v) is 9.56. The van der Waals surface area contributed by atoms with E-state index in [4.69, 9.17) is 14.2 Å². The van der Waals surface area contributed by atoms with E-state index in [0.29, 0.717) is 29.0 Å². The average Bonchev–Trinajstić information content (AvgIpc) is 3.31. The maximum atomic E-state index is 14.1. The van der Waals surface area contributed by atoms with Crippen molar-refractivity contribution in [2.75, 3.05) is 27.6 Å². The fraction of sp³-hybridized carbons (Fsp3) is 0.440. The van der Waals surface area contributed by atoms with Gasteiger partial charge in [-0.25, -0.2) is 0 Å². The Bertz CT molecular complexity index is 1320. The quantitative estimate of drug-likeness (QED) is 0.583. The predicted octanol–water partition coefficient (Wildman–Crippen LogP) is 1.49. The number of phenols is 2. The fourth-order valence-corrected chi connectivity index (χ4v) is 6.42. The zero-order valence-corrected chi connectivity index (χ0v) is 19.8. The number of piperazine rings is 1. The fourth-order valence-electron chi connectivity index (χ4n) is 6.42. The number of phenolic OH excluding ortho intramolecular Hbond substituents is 2. The first-order valence-corrected chi connectivity index (χ1v) is 11.5. The number of Topliss-reactive ketones (excluding diaryl/α,β-unsaturated/α-hetero) is 1. The number of benzene rings is 2. The summed E-state index contributed by atoms with van der Waals surface area (Å²) in [6, 6.07) is -1.44. The third kappa shape index (κ3) is 2.55. The average molecular weight is 482 g/mol. The van der Waals surface area contributed by atoms with Crippen LogP contribution in [0, 0.1) is 13.8 Å². The molecule has 4 atom stereocenters. The van der Waals surface area contributed by atoms with Crippen molar-refractivity contribution >= 4 is 11.7 Å². The molecular formula is C25H26N2O8. The van der Waals surface area contributed by atoms with Crippen molar-refractivity contribution in [1.82, 2.24) is 9.80 Å². The van der Waals surface area contributed by atoms with Gasteiger partial charge in [0.1, 0.15) is 11.8 Å². The number of aliphatic hydroxyl groups excluding tert-OH is 1. The smallest absolute Gasteiger partial charge is 0.241 e. The number of carbonyl (C=O) groups excluding carboxylic acids is 2. The topological polar surface area (TPSA) is 129 Å². The molecule has 4 aliphatic heterocycles. The second kappa shape index (κ2) is 7.25. The van der Waals surface area contributed by atoms with Crippen LogP contribution in [-0.4, -0.2) is 76.5 Å². The number of ether oxygens (including phenoxy) is 3. The summed E-state index contributed by atoms with van der Waals surface area (Å²) in [5, 5.41) is 32.8. The van der Waals surface area contributed by atoms with Gasteiger partial charge < -0.3 is 34.4 Å². The monoisotopic (exact) mass is 482 g/mol. The number of ketones is 1. The van der Waals surface area contributed by atoms with Gasteiger partial charge in [0.2, 0.25) is 12.7 Å². The summed E-state index contributed by atoms with van der Waals surface area (Å²) in [7, 11) is 3.22. The minimum Gasteiger partial charge on any atom is -0.507 e. The van der Waals surface area contributed by atoms with Crippen LogP contribution in [0.1, 0.15) is 50.3 Å². The first-order valence-electron chi connectivity index (χ1n) is 11.5. The zero-order valence-electron chi connectivity index (χ0n) is 19.8. The number of methoxy groups -OCH3 is 1. The molecule has 35 heavy (non-hydrogen) atoms. The molecule has 10 nitrogen and oxygen atoms in total. The molecule has 3 N–H and O–H groups in total. The molecule has 1 amide bonds. The maximum absolute atomic E-state index is 14.1. The van der Waals surface area contributed by atoms with Crippen LogP contribution in [0.2, 0.25) is 0 Å². The van der Waals surface area contributed by atoms with Gasteiger partial charge in [0.05, 0.1) is 37.4 Å². The summed E-state index contributed by atoms with van der Waals surface area (Å²) < 4.78 is 16.6. The number of rotatable bonds is 2. The van der Waals surface area contributed by atoms with Crippen molar-refractivity contribution in [2.45, 2.75) is 44.4 Å². The third-order valence-corrected chi connectivity index (χ3v) is 7.96. The van der Waals surface area contributed by atoms with Crippen LogP contribution in [0.3, 0.4) is 0 Å². The number of hydrogen-bond acceptors (Lipinski definition) is 9. The Morgan fingerprint density at radius 2 is 1.80 bits per heavy atom. The minimum atomic E-state index is -1.09. The largest absolute Gasteiger partial charge is 0.507 e. The molecular weight excluding hydrogens is 456 g/mol. The molecule has 0 spiro atoms. The summed E-state index contributed by atoms with van der Waals surface area (Å²) in [5.41, 5.74) is 2.63. The molecule has 10 heteroatoms. The Balaban J connectivity index is 1.64. The van der Waals surface area contributed by atoms with Crippen LogP contribution in [-0.2, 0) is 11.2 Å². The zero-order chi connectivity index (χ0) is 24.9. The summed E-state index contributed by atoms with van der Waals surface area (Å²) in [4.78, 5) is 31.2. The van der Waals surface area contributed by atoms with Gasteiger partial charge in [-0.3, -0.25) is 14.5 Å². The van der Waals surface area contributed by atoms with Crippen molar-refractivity contribution < 1.29 is 39.1 Å². The number of aromatic hydroxyl groups is 2. The number of aryl methyl sites for hydroxylation is 1. The summed E-state index contributed by atoms with van der Waals surface area (Å²) >= 11 is 0. The highest BCUT2D eigenvalue weighted by Crippen LogP contribution is 2.57. The highest BCUT2D eigenvalue weighted by atomic mass is 16.7. The predicted molar refractivity (Wildman–Crippen MR) is 121 cm³/mol. The van der Waals surface area contributed by atoms with Gasteiger partial charge in [-0.05, 0) is 38.4 Å². The van der Waals surface area contributed by atoms with Crippen LogP contribution in [0.15, 0.2) is 6.07 Å². The summed E-state index contributed by atoms with van der Waals surface area (Å²) in [6.07, 6.45) is 0.332. The number of fused-ring (bicyclic) bond motifs is 9. The Labute approximate surface area is 201 Å². The van der Waals surface area contributed by atoms with Gasteiger partial charge in [-0.15, -0.1) is 0 Å². The Morgan fingerprint density at radius 1 is 1.09 bits per heavy atom. The third-order valence-electron chi connectivity index (χ3n) is 7.96. The maximum Gasteiger partial charge on any atom is 0.241 e. The lowest BCUT2D eigenvalue weighted by Crippen LogP contribution is -2.68. The van der Waals surface area contributed by atoms with Gasteiger partial charge in [0.15, 0.2) is 28.8 Å². The van der Waals surface area contributed by atoms with Crippen LogP contribution in [0.4, 0.5) is 0 Å². The van der Waals surface area contributed by atoms with E-state index in [1.54, 1.807) is 18.9 Å². The number of aliphatic hydroxyl groups is 1. The highest BCUT2D eigenvalue weighted by molar-refractivity contribution is 6.10.